The van der Waals surface area contributed by atoms with Crippen LogP contribution < -0.4 is 5.32 Å². The molecule has 0 aliphatic heterocycles. The lowest BCUT2D eigenvalue weighted by atomic mass is 9.96. The summed E-state index contributed by atoms with van der Waals surface area (Å²) in [6.07, 6.45) is 5.26. The van der Waals surface area contributed by atoms with Crippen LogP contribution in [-0.2, 0) is 4.79 Å². The van der Waals surface area contributed by atoms with Crippen LogP contribution in [0.25, 0.3) is 0 Å². The van der Waals surface area contributed by atoms with Gasteiger partial charge in [0.1, 0.15) is 0 Å². The van der Waals surface area contributed by atoms with Crippen LogP contribution in [0.5, 0.6) is 0 Å². The van der Waals surface area contributed by atoms with Crippen LogP contribution in [-0.4, -0.2) is 12.5 Å². The van der Waals surface area contributed by atoms with E-state index in [0.29, 0.717) is 0 Å². The maximum Gasteiger partial charge on any atom is 0.225 e. The molecule has 0 radical (unpaired) electrons. The van der Waals surface area contributed by atoms with E-state index >= 15 is 0 Å². The van der Waals surface area contributed by atoms with Crippen molar-refractivity contribution in [3.05, 3.63) is 0 Å². The molecule has 0 aromatic heterocycles. The van der Waals surface area contributed by atoms with Gasteiger partial charge in [-0.25, -0.2) is 0 Å². The van der Waals surface area contributed by atoms with E-state index in [1.165, 1.54) is 19.3 Å². The highest BCUT2D eigenvalue weighted by molar-refractivity contribution is 5.81. The molecule has 2 heteroatoms. The van der Waals surface area contributed by atoms with E-state index in [0.717, 1.165) is 18.9 Å². The van der Waals surface area contributed by atoms with Gasteiger partial charge in [-0.2, -0.15) is 0 Å². The third-order valence-electron chi connectivity index (χ3n) is 2.45. The molecule has 1 rings (SSSR count). The Morgan fingerprint density at radius 3 is 2.46 bits per heavy atom. The first kappa shape index (κ1) is 10.6. The lowest BCUT2D eigenvalue weighted by molar-refractivity contribution is -0.128. The lowest BCUT2D eigenvalue weighted by Gasteiger charge is -2.17. The average molecular weight is 183 g/mol. The normalized spacial score (nSPS) is 17.2. The molecule has 1 saturated carbocycles. The molecule has 0 spiro atoms. The van der Waals surface area contributed by atoms with Crippen molar-refractivity contribution >= 4 is 5.91 Å². The second-order valence-electron chi connectivity index (χ2n) is 5.09. The van der Waals surface area contributed by atoms with Crippen molar-refractivity contribution < 1.29 is 4.79 Å². The second kappa shape index (κ2) is 4.12. The molecule has 0 bridgehead atoms. The second-order valence-corrected chi connectivity index (χ2v) is 5.09. The highest BCUT2D eigenvalue weighted by atomic mass is 16.2. The Morgan fingerprint density at radius 1 is 1.38 bits per heavy atom. The maximum atomic E-state index is 11.4. The van der Waals surface area contributed by atoms with Crippen LogP contribution in [0.3, 0.4) is 0 Å². The van der Waals surface area contributed by atoms with Gasteiger partial charge < -0.3 is 5.32 Å². The van der Waals surface area contributed by atoms with Gasteiger partial charge in [-0.05, 0) is 18.8 Å². The molecule has 1 amide bonds. The molecule has 13 heavy (non-hydrogen) atoms. The van der Waals surface area contributed by atoms with E-state index in [-0.39, 0.29) is 11.3 Å². The molecule has 0 aromatic carbocycles. The van der Waals surface area contributed by atoms with Crippen LogP contribution in [0, 0.1) is 11.3 Å². The fourth-order valence-electron chi connectivity index (χ4n) is 1.26. The zero-order valence-electron chi connectivity index (χ0n) is 9.02. The molecule has 1 aliphatic carbocycles. The summed E-state index contributed by atoms with van der Waals surface area (Å²) in [6, 6.07) is 0. The van der Waals surface area contributed by atoms with Gasteiger partial charge in [-0.15, -0.1) is 0 Å². The minimum atomic E-state index is -0.237. The summed E-state index contributed by atoms with van der Waals surface area (Å²) in [7, 11) is 0. The summed E-state index contributed by atoms with van der Waals surface area (Å²) in [6.45, 7) is 6.70. The lowest BCUT2D eigenvalue weighted by Crippen LogP contribution is -2.35. The predicted octanol–water partition coefficient (Wildman–Crippen LogP) is 2.34. The molecule has 1 fully saturated rings. The Kier molecular flexibility index (Phi) is 3.34. The van der Waals surface area contributed by atoms with Crippen LogP contribution >= 0.6 is 0 Å². The van der Waals surface area contributed by atoms with Crippen molar-refractivity contribution in [1.29, 1.82) is 0 Å². The zero-order chi connectivity index (χ0) is 9.90. The molecule has 0 atom stereocenters. The summed E-state index contributed by atoms with van der Waals surface area (Å²) < 4.78 is 0. The Labute approximate surface area is 81.1 Å². The first-order valence-electron chi connectivity index (χ1n) is 5.28. The van der Waals surface area contributed by atoms with Crippen LogP contribution in [0.4, 0.5) is 0 Å². The van der Waals surface area contributed by atoms with E-state index < -0.39 is 0 Å². The number of nitrogens with one attached hydrogen (secondary N) is 1. The standard InChI is InChI=1S/C11H21NO/c1-11(2,3)10(13)12-8-4-5-9-6-7-9/h9H,4-8H2,1-3H3,(H,12,13). The third-order valence-corrected chi connectivity index (χ3v) is 2.45. The molecule has 1 aliphatic rings. The summed E-state index contributed by atoms with van der Waals surface area (Å²) in [5.74, 6) is 1.15. The number of amides is 1. The van der Waals surface area contributed by atoms with Gasteiger partial charge in [-0.3, -0.25) is 4.79 Å². The third kappa shape index (κ3) is 4.30. The number of hydrogen-bond acceptors (Lipinski definition) is 1. The van der Waals surface area contributed by atoms with Crippen molar-refractivity contribution in [2.75, 3.05) is 6.54 Å². The summed E-state index contributed by atoms with van der Waals surface area (Å²) >= 11 is 0. The van der Waals surface area contributed by atoms with E-state index in [1.807, 2.05) is 20.8 Å². The largest absolute Gasteiger partial charge is 0.356 e. The summed E-state index contributed by atoms with van der Waals surface area (Å²) in [5.41, 5.74) is -0.237. The van der Waals surface area contributed by atoms with Gasteiger partial charge >= 0.3 is 0 Å². The van der Waals surface area contributed by atoms with Crippen LogP contribution in [0.1, 0.15) is 46.5 Å². The fraction of sp³-hybridized carbons (Fsp3) is 0.909. The summed E-state index contributed by atoms with van der Waals surface area (Å²) in [5, 5.41) is 2.97. The molecular weight excluding hydrogens is 162 g/mol. The topological polar surface area (TPSA) is 29.1 Å². The fourth-order valence-corrected chi connectivity index (χ4v) is 1.26. The van der Waals surface area contributed by atoms with Gasteiger partial charge in [0.25, 0.3) is 0 Å². The van der Waals surface area contributed by atoms with Crippen molar-refractivity contribution in [2.45, 2.75) is 46.5 Å². The molecule has 76 valence electrons. The van der Waals surface area contributed by atoms with Crippen molar-refractivity contribution in [2.24, 2.45) is 11.3 Å². The zero-order valence-corrected chi connectivity index (χ0v) is 9.02. The highest BCUT2D eigenvalue weighted by Crippen LogP contribution is 2.33. The van der Waals surface area contributed by atoms with Crippen molar-refractivity contribution in [3.8, 4) is 0 Å². The van der Waals surface area contributed by atoms with E-state index in [2.05, 4.69) is 5.32 Å². The highest BCUT2D eigenvalue weighted by Gasteiger charge is 2.22. The molecule has 2 nitrogen and oxygen atoms in total. The Morgan fingerprint density at radius 2 is 2.00 bits per heavy atom. The Hall–Kier alpha value is -0.530. The van der Waals surface area contributed by atoms with Crippen molar-refractivity contribution in [3.63, 3.8) is 0 Å². The number of rotatable bonds is 4. The quantitative estimate of drug-likeness (QED) is 0.666. The minimum Gasteiger partial charge on any atom is -0.356 e. The predicted molar refractivity (Wildman–Crippen MR) is 54.4 cm³/mol. The van der Waals surface area contributed by atoms with Gasteiger partial charge in [0, 0.05) is 12.0 Å². The van der Waals surface area contributed by atoms with Crippen LogP contribution in [0.15, 0.2) is 0 Å². The van der Waals surface area contributed by atoms with Crippen LogP contribution in [0.2, 0.25) is 0 Å². The number of carbonyl (C=O) groups excluding carboxylic acids is 1. The molecule has 0 heterocycles. The molecule has 0 saturated heterocycles. The minimum absolute atomic E-state index is 0.170. The van der Waals surface area contributed by atoms with Gasteiger partial charge in [-0.1, -0.05) is 33.6 Å². The average Bonchev–Trinajstić information content (AvgIpc) is 2.79. The SMILES string of the molecule is CC(C)(C)C(=O)NCCCC1CC1. The van der Waals surface area contributed by atoms with Gasteiger partial charge in [0.05, 0.1) is 0 Å². The Balaban J connectivity index is 2.00. The van der Waals surface area contributed by atoms with E-state index in [4.69, 9.17) is 0 Å². The summed E-state index contributed by atoms with van der Waals surface area (Å²) in [4.78, 5) is 11.4. The van der Waals surface area contributed by atoms with Gasteiger partial charge in [0.15, 0.2) is 0 Å². The smallest absolute Gasteiger partial charge is 0.225 e. The molecule has 0 unspecified atom stereocenters. The molecule has 1 N–H and O–H groups in total. The maximum absolute atomic E-state index is 11.4. The molecular formula is C11H21NO. The molecule has 0 aromatic rings. The Bertz CT molecular complexity index is 177. The first-order valence-corrected chi connectivity index (χ1v) is 5.28. The monoisotopic (exact) mass is 183 g/mol. The number of carbonyl (C=O) groups is 1. The number of hydrogen-bond donors (Lipinski definition) is 1. The van der Waals surface area contributed by atoms with Crippen molar-refractivity contribution in [1.82, 2.24) is 5.32 Å². The van der Waals surface area contributed by atoms with Gasteiger partial charge in [0.2, 0.25) is 5.91 Å². The van der Waals surface area contributed by atoms with E-state index in [9.17, 15) is 4.79 Å². The first-order chi connectivity index (χ1) is 6.00. The van der Waals surface area contributed by atoms with E-state index in [1.54, 1.807) is 0 Å².